The fourth-order valence-corrected chi connectivity index (χ4v) is 4.15. The third kappa shape index (κ3) is 3.47. The van der Waals surface area contributed by atoms with Crippen molar-refractivity contribution in [3.8, 4) is 9.75 Å². The second-order valence-electron chi connectivity index (χ2n) is 5.92. The second-order valence-corrected chi connectivity index (χ2v) is 8.11. The van der Waals surface area contributed by atoms with E-state index in [4.69, 9.17) is 10.5 Å². The lowest BCUT2D eigenvalue weighted by Crippen LogP contribution is -2.23. The number of carbonyl (C=O) groups excluding carboxylic acids is 1. The average Bonchev–Trinajstić information content (AvgIpc) is 2.94. The van der Waals surface area contributed by atoms with Gasteiger partial charge in [-0.05, 0) is 51.8 Å². The van der Waals surface area contributed by atoms with Gasteiger partial charge >= 0.3 is 5.97 Å². The van der Waals surface area contributed by atoms with Crippen LogP contribution >= 0.6 is 22.7 Å². The maximum Gasteiger partial charge on any atom is 0.351 e. The molecule has 5 heteroatoms. The van der Waals surface area contributed by atoms with Crippen molar-refractivity contribution in [2.75, 3.05) is 5.73 Å². The maximum absolute atomic E-state index is 12.3. The number of nitrogens with two attached hydrogens (primary N) is 1. The topological polar surface area (TPSA) is 52.3 Å². The Bertz CT molecular complexity index is 662. The van der Waals surface area contributed by atoms with Crippen molar-refractivity contribution in [3.05, 3.63) is 27.5 Å². The Labute approximate surface area is 133 Å². The molecule has 2 aromatic heterocycles. The van der Waals surface area contributed by atoms with E-state index in [1.54, 1.807) is 11.3 Å². The SMILES string of the molecule is CCc1ccc(-c2sc(C(=O)OC(C)(C)C)c(N)c2C)s1. The number of nitrogen functional groups attached to an aromatic ring is 1. The molecule has 2 rings (SSSR count). The highest BCUT2D eigenvalue weighted by Crippen LogP contribution is 2.41. The summed E-state index contributed by atoms with van der Waals surface area (Å²) in [7, 11) is 0. The van der Waals surface area contributed by atoms with Gasteiger partial charge in [0.2, 0.25) is 0 Å². The van der Waals surface area contributed by atoms with Crippen LogP contribution in [0.4, 0.5) is 5.69 Å². The van der Waals surface area contributed by atoms with Crippen molar-refractivity contribution in [2.24, 2.45) is 0 Å². The van der Waals surface area contributed by atoms with E-state index in [0.717, 1.165) is 21.7 Å². The summed E-state index contributed by atoms with van der Waals surface area (Å²) in [5.74, 6) is -0.341. The van der Waals surface area contributed by atoms with Gasteiger partial charge in [-0.25, -0.2) is 4.79 Å². The van der Waals surface area contributed by atoms with Crippen molar-refractivity contribution in [1.29, 1.82) is 0 Å². The third-order valence-electron chi connectivity index (χ3n) is 3.01. The Kier molecular flexibility index (Phi) is 4.44. The number of carbonyl (C=O) groups is 1. The summed E-state index contributed by atoms with van der Waals surface area (Å²) in [6, 6.07) is 4.23. The highest BCUT2D eigenvalue weighted by atomic mass is 32.1. The summed E-state index contributed by atoms with van der Waals surface area (Å²) in [5, 5.41) is 0. The zero-order valence-electron chi connectivity index (χ0n) is 13.1. The normalized spacial score (nSPS) is 11.7. The van der Waals surface area contributed by atoms with Crippen molar-refractivity contribution in [3.63, 3.8) is 0 Å². The van der Waals surface area contributed by atoms with E-state index in [0.29, 0.717) is 10.6 Å². The summed E-state index contributed by atoms with van der Waals surface area (Å²) in [4.78, 5) is 16.3. The quantitative estimate of drug-likeness (QED) is 0.819. The van der Waals surface area contributed by atoms with Crippen LogP contribution in [0.25, 0.3) is 9.75 Å². The molecule has 0 atom stereocenters. The Hall–Kier alpha value is -1.33. The van der Waals surface area contributed by atoms with Crippen LogP contribution in [0.2, 0.25) is 0 Å². The molecule has 0 aliphatic carbocycles. The number of rotatable bonds is 3. The molecule has 0 saturated carbocycles. The largest absolute Gasteiger partial charge is 0.456 e. The van der Waals surface area contributed by atoms with Gasteiger partial charge in [0.15, 0.2) is 0 Å². The third-order valence-corrected chi connectivity index (χ3v) is 5.71. The van der Waals surface area contributed by atoms with E-state index in [-0.39, 0.29) is 5.97 Å². The van der Waals surface area contributed by atoms with E-state index >= 15 is 0 Å². The van der Waals surface area contributed by atoms with Crippen LogP contribution in [0.5, 0.6) is 0 Å². The van der Waals surface area contributed by atoms with Crippen molar-refractivity contribution < 1.29 is 9.53 Å². The first kappa shape index (κ1) is 16.0. The fourth-order valence-electron chi connectivity index (χ4n) is 1.93. The van der Waals surface area contributed by atoms with Gasteiger partial charge in [-0.15, -0.1) is 22.7 Å². The monoisotopic (exact) mass is 323 g/mol. The number of ether oxygens (including phenoxy) is 1. The molecule has 2 aromatic rings. The number of hydrogen-bond donors (Lipinski definition) is 1. The van der Waals surface area contributed by atoms with Crippen LogP contribution in [-0.4, -0.2) is 11.6 Å². The Balaban J connectivity index is 2.38. The number of thiophene rings is 2. The average molecular weight is 323 g/mol. The predicted molar refractivity (Wildman–Crippen MR) is 91.3 cm³/mol. The van der Waals surface area contributed by atoms with Gasteiger partial charge in [-0.1, -0.05) is 6.92 Å². The molecule has 0 aromatic carbocycles. The summed E-state index contributed by atoms with van der Waals surface area (Å²) in [6.07, 6.45) is 1.02. The molecular formula is C16H21NO2S2. The van der Waals surface area contributed by atoms with Crippen LogP contribution in [0, 0.1) is 6.92 Å². The first-order chi connectivity index (χ1) is 9.73. The molecule has 0 unspecified atom stereocenters. The van der Waals surface area contributed by atoms with Crippen LogP contribution in [0.3, 0.4) is 0 Å². The summed E-state index contributed by atoms with van der Waals surface area (Å²) < 4.78 is 5.43. The molecule has 0 amide bonds. The zero-order valence-corrected chi connectivity index (χ0v) is 14.7. The molecule has 0 saturated heterocycles. The fraction of sp³-hybridized carbons (Fsp3) is 0.438. The second kappa shape index (κ2) is 5.81. The van der Waals surface area contributed by atoms with Crippen molar-refractivity contribution in [2.45, 2.75) is 46.6 Å². The molecule has 0 bridgehead atoms. The Morgan fingerprint density at radius 3 is 2.48 bits per heavy atom. The lowest BCUT2D eigenvalue weighted by molar-refractivity contribution is 0.00763. The van der Waals surface area contributed by atoms with E-state index in [9.17, 15) is 4.79 Å². The lowest BCUT2D eigenvalue weighted by Gasteiger charge is -2.19. The standard InChI is InChI=1S/C16H21NO2S2/c1-6-10-7-8-11(20-10)13-9(2)12(17)14(21-13)15(18)19-16(3,4)5/h7-8H,6,17H2,1-5H3. The Morgan fingerprint density at radius 1 is 1.29 bits per heavy atom. The van der Waals surface area contributed by atoms with Gasteiger partial charge in [-0.3, -0.25) is 0 Å². The predicted octanol–water partition coefficient (Wildman–Crippen LogP) is 4.88. The molecule has 2 N–H and O–H groups in total. The molecule has 2 heterocycles. The molecular weight excluding hydrogens is 302 g/mol. The van der Waals surface area contributed by atoms with Crippen LogP contribution in [0.15, 0.2) is 12.1 Å². The summed E-state index contributed by atoms with van der Waals surface area (Å²) in [6.45, 7) is 9.66. The molecule has 0 fully saturated rings. The molecule has 0 spiro atoms. The summed E-state index contributed by atoms with van der Waals surface area (Å²) >= 11 is 3.17. The van der Waals surface area contributed by atoms with Gasteiger partial charge in [0.1, 0.15) is 10.5 Å². The minimum absolute atomic E-state index is 0.341. The van der Waals surface area contributed by atoms with Gasteiger partial charge < -0.3 is 10.5 Å². The zero-order chi connectivity index (χ0) is 15.8. The van der Waals surface area contributed by atoms with Gasteiger partial charge in [0.25, 0.3) is 0 Å². The number of aryl methyl sites for hydroxylation is 1. The molecule has 0 aliphatic heterocycles. The van der Waals surface area contributed by atoms with Crippen molar-refractivity contribution >= 4 is 34.3 Å². The number of esters is 1. The molecule has 0 radical (unpaired) electrons. The van der Waals surface area contributed by atoms with Crippen LogP contribution in [-0.2, 0) is 11.2 Å². The molecule has 0 aliphatic rings. The molecule has 114 valence electrons. The van der Waals surface area contributed by atoms with Crippen LogP contribution in [0.1, 0.15) is 47.8 Å². The highest BCUT2D eigenvalue weighted by molar-refractivity contribution is 7.23. The minimum atomic E-state index is -0.514. The van der Waals surface area contributed by atoms with Gasteiger partial charge in [-0.2, -0.15) is 0 Å². The van der Waals surface area contributed by atoms with Gasteiger partial charge in [0, 0.05) is 9.75 Å². The minimum Gasteiger partial charge on any atom is -0.456 e. The first-order valence-electron chi connectivity index (χ1n) is 6.94. The smallest absolute Gasteiger partial charge is 0.351 e. The summed E-state index contributed by atoms with van der Waals surface area (Å²) in [5.41, 5.74) is 7.10. The van der Waals surface area contributed by atoms with Crippen molar-refractivity contribution in [1.82, 2.24) is 0 Å². The van der Waals surface area contributed by atoms with Gasteiger partial charge in [0.05, 0.1) is 10.6 Å². The highest BCUT2D eigenvalue weighted by Gasteiger charge is 2.25. The maximum atomic E-state index is 12.3. The lowest BCUT2D eigenvalue weighted by atomic mass is 10.2. The van der Waals surface area contributed by atoms with E-state index < -0.39 is 5.60 Å². The Morgan fingerprint density at radius 2 is 1.95 bits per heavy atom. The molecule has 21 heavy (non-hydrogen) atoms. The van der Waals surface area contributed by atoms with E-state index in [1.165, 1.54) is 16.2 Å². The molecule has 3 nitrogen and oxygen atoms in total. The number of anilines is 1. The van der Waals surface area contributed by atoms with Crippen LogP contribution < -0.4 is 5.73 Å². The van der Waals surface area contributed by atoms with E-state index in [1.807, 2.05) is 27.7 Å². The van der Waals surface area contributed by atoms with E-state index in [2.05, 4.69) is 19.1 Å². The number of hydrogen-bond acceptors (Lipinski definition) is 5. The first-order valence-corrected chi connectivity index (χ1v) is 8.57.